The van der Waals surface area contributed by atoms with Gasteiger partial charge in [-0.15, -0.1) is 0 Å². The van der Waals surface area contributed by atoms with Gasteiger partial charge >= 0.3 is 0 Å². The Morgan fingerprint density at radius 2 is 2.29 bits per heavy atom. The Labute approximate surface area is 128 Å². The topological polar surface area (TPSA) is 67.1 Å². The molecule has 110 valence electrons. The summed E-state index contributed by atoms with van der Waals surface area (Å²) in [5, 5.41) is 10.6. The molecule has 0 aliphatic carbocycles. The number of carbonyl (C=O) groups is 1. The fraction of sp³-hybridized carbons (Fsp3) is 0.312. The van der Waals surface area contributed by atoms with Crippen LogP contribution in [-0.2, 0) is 17.6 Å². The summed E-state index contributed by atoms with van der Waals surface area (Å²) in [5.41, 5.74) is 11.1. The normalized spacial score (nSPS) is 15.2. The van der Waals surface area contributed by atoms with Crippen molar-refractivity contribution in [1.29, 1.82) is 0 Å². The summed E-state index contributed by atoms with van der Waals surface area (Å²) in [4.78, 5) is 11.5. The van der Waals surface area contributed by atoms with Gasteiger partial charge < -0.3 is 16.4 Å². The number of fused-ring (bicyclic) bond motifs is 1. The van der Waals surface area contributed by atoms with Gasteiger partial charge in [-0.3, -0.25) is 4.79 Å². The van der Waals surface area contributed by atoms with Crippen molar-refractivity contribution in [2.75, 3.05) is 16.4 Å². The third-order valence-electron chi connectivity index (χ3n) is 3.69. The highest BCUT2D eigenvalue weighted by molar-refractivity contribution is 7.07. The first-order valence-corrected chi connectivity index (χ1v) is 8.06. The molecule has 1 unspecified atom stereocenters. The number of anilines is 3. The van der Waals surface area contributed by atoms with Crippen molar-refractivity contribution in [2.24, 2.45) is 0 Å². The Morgan fingerprint density at radius 3 is 3.05 bits per heavy atom. The number of thiophene rings is 1. The van der Waals surface area contributed by atoms with E-state index in [2.05, 4.69) is 34.4 Å². The van der Waals surface area contributed by atoms with Gasteiger partial charge in [-0.25, -0.2) is 0 Å². The maximum atomic E-state index is 11.5. The molecule has 21 heavy (non-hydrogen) atoms. The minimum Gasteiger partial charge on any atom is -0.397 e. The van der Waals surface area contributed by atoms with Gasteiger partial charge in [-0.1, -0.05) is 0 Å². The minimum absolute atomic E-state index is 0.0737. The maximum Gasteiger partial charge on any atom is 0.224 e. The average molecular weight is 301 g/mol. The van der Waals surface area contributed by atoms with E-state index in [-0.39, 0.29) is 11.9 Å². The molecule has 1 atom stereocenters. The largest absolute Gasteiger partial charge is 0.397 e. The van der Waals surface area contributed by atoms with Crippen LogP contribution >= 0.6 is 11.3 Å². The van der Waals surface area contributed by atoms with E-state index in [1.54, 1.807) is 11.3 Å². The molecule has 3 rings (SSSR count). The summed E-state index contributed by atoms with van der Waals surface area (Å²) in [5.74, 6) is 0.0737. The van der Waals surface area contributed by atoms with Gasteiger partial charge in [0.2, 0.25) is 5.91 Å². The van der Waals surface area contributed by atoms with Crippen LogP contribution in [0.5, 0.6) is 0 Å². The molecule has 4 N–H and O–H groups in total. The SMILES string of the molecule is CC(Cc1ccsc1)Nc1cc2c(cc1N)CCC(=O)N2. The van der Waals surface area contributed by atoms with Gasteiger partial charge in [-0.05, 0) is 59.9 Å². The third-order valence-corrected chi connectivity index (χ3v) is 4.43. The minimum atomic E-state index is 0.0737. The van der Waals surface area contributed by atoms with Crippen molar-refractivity contribution in [1.82, 2.24) is 0 Å². The zero-order chi connectivity index (χ0) is 14.8. The van der Waals surface area contributed by atoms with Crippen LogP contribution in [0.4, 0.5) is 17.1 Å². The van der Waals surface area contributed by atoms with Crippen molar-refractivity contribution in [3.05, 3.63) is 40.1 Å². The average Bonchev–Trinajstić information content (AvgIpc) is 2.93. The number of benzene rings is 1. The second kappa shape index (κ2) is 5.77. The van der Waals surface area contributed by atoms with E-state index in [4.69, 9.17) is 5.73 Å². The fourth-order valence-electron chi connectivity index (χ4n) is 2.65. The molecule has 1 amide bonds. The zero-order valence-electron chi connectivity index (χ0n) is 12.0. The summed E-state index contributed by atoms with van der Waals surface area (Å²) < 4.78 is 0. The van der Waals surface area contributed by atoms with Crippen LogP contribution in [0.3, 0.4) is 0 Å². The first kappa shape index (κ1) is 13.9. The number of hydrogen-bond acceptors (Lipinski definition) is 4. The van der Waals surface area contributed by atoms with Crippen LogP contribution in [-0.4, -0.2) is 11.9 Å². The van der Waals surface area contributed by atoms with Gasteiger partial charge in [0.25, 0.3) is 0 Å². The molecule has 1 aliphatic heterocycles. The number of aryl methyl sites for hydroxylation is 1. The van der Waals surface area contributed by atoms with Crippen LogP contribution in [0.1, 0.15) is 24.5 Å². The quantitative estimate of drug-likeness (QED) is 0.759. The molecular formula is C16H19N3OS. The van der Waals surface area contributed by atoms with Gasteiger partial charge in [0.1, 0.15) is 0 Å². The van der Waals surface area contributed by atoms with Crippen molar-refractivity contribution < 1.29 is 4.79 Å². The molecule has 0 fully saturated rings. The maximum absolute atomic E-state index is 11.5. The molecule has 4 nitrogen and oxygen atoms in total. The molecule has 0 radical (unpaired) electrons. The second-order valence-corrected chi connectivity index (χ2v) is 6.31. The van der Waals surface area contributed by atoms with Crippen LogP contribution in [0, 0.1) is 0 Å². The number of nitrogens with two attached hydrogens (primary N) is 1. The molecular weight excluding hydrogens is 282 g/mol. The third kappa shape index (κ3) is 3.19. The lowest BCUT2D eigenvalue weighted by Gasteiger charge is -2.22. The molecule has 0 saturated carbocycles. The van der Waals surface area contributed by atoms with E-state index in [0.717, 1.165) is 35.5 Å². The van der Waals surface area contributed by atoms with E-state index >= 15 is 0 Å². The number of nitrogen functional groups attached to an aromatic ring is 1. The summed E-state index contributed by atoms with van der Waals surface area (Å²) in [6, 6.07) is 6.33. The van der Waals surface area contributed by atoms with Crippen LogP contribution < -0.4 is 16.4 Å². The Hall–Kier alpha value is -2.01. The molecule has 0 saturated heterocycles. The van der Waals surface area contributed by atoms with Crippen molar-refractivity contribution in [3.63, 3.8) is 0 Å². The predicted molar refractivity (Wildman–Crippen MR) is 88.9 cm³/mol. The predicted octanol–water partition coefficient (Wildman–Crippen LogP) is 3.26. The van der Waals surface area contributed by atoms with E-state index in [1.165, 1.54) is 5.56 Å². The van der Waals surface area contributed by atoms with E-state index in [1.807, 2.05) is 12.1 Å². The highest BCUT2D eigenvalue weighted by Crippen LogP contribution is 2.31. The van der Waals surface area contributed by atoms with Gasteiger partial charge in [0.05, 0.1) is 11.4 Å². The zero-order valence-corrected chi connectivity index (χ0v) is 12.8. The summed E-state index contributed by atoms with van der Waals surface area (Å²) >= 11 is 1.71. The molecule has 1 aliphatic rings. The van der Waals surface area contributed by atoms with E-state index in [9.17, 15) is 4.79 Å². The molecule has 0 bridgehead atoms. The van der Waals surface area contributed by atoms with E-state index < -0.39 is 0 Å². The summed E-state index contributed by atoms with van der Waals surface area (Å²) in [7, 11) is 0. The first-order chi connectivity index (χ1) is 10.1. The van der Waals surface area contributed by atoms with Gasteiger partial charge in [0.15, 0.2) is 0 Å². The molecule has 2 heterocycles. The molecule has 1 aromatic carbocycles. The van der Waals surface area contributed by atoms with E-state index in [0.29, 0.717) is 6.42 Å². The smallest absolute Gasteiger partial charge is 0.224 e. The Balaban J connectivity index is 1.75. The Bertz CT molecular complexity index is 652. The van der Waals surface area contributed by atoms with Crippen LogP contribution in [0.25, 0.3) is 0 Å². The van der Waals surface area contributed by atoms with Crippen molar-refractivity contribution in [2.45, 2.75) is 32.2 Å². The lowest BCUT2D eigenvalue weighted by Crippen LogP contribution is -2.22. The Kier molecular flexibility index (Phi) is 3.84. The lowest BCUT2D eigenvalue weighted by atomic mass is 10.0. The second-order valence-electron chi connectivity index (χ2n) is 5.53. The molecule has 1 aromatic heterocycles. The Morgan fingerprint density at radius 1 is 1.43 bits per heavy atom. The van der Waals surface area contributed by atoms with Crippen LogP contribution in [0.15, 0.2) is 29.0 Å². The van der Waals surface area contributed by atoms with Crippen molar-refractivity contribution in [3.8, 4) is 0 Å². The number of rotatable bonds is 4. The van der Waals surface area contributed by atoms with Crippen molar-refractivity contribution >= 4 is 34.3 Å². The van der Waals surface area contributed by atoms with Crippen LogP contribution in [0.2, 0.25) is 0 Å². The lowest BCUT2D eigenvalue weighted by molar-refractivity contribution is -0.116. The highest BCUT2D eigenvalue weighted by Gasteiger charge is 2.17. The number of carbonyl (C=O) groups excluding carboxylic acids is 1. The molecule has 2 aromatic rings. The van der Waals surface area contributed by atoms with Gasteiger partial charge in [-0.2, -0.15) is 11.3 Å². The number of nitrogens with one attached hydrogen (secondary N) is 2. The summed E-state index contributed by atoms with van der Waals surface area (Å²) in [6.07, 6.45) is 2.25. The number of amides is 1. The summed E-state index contributed by atoms with van der Waals surface area (Å²) in [6.45, 7) is 2.13. The first-order valence-electron chi connectivity index (χ1n) is 7.11. The monoisotopic (exact) mass is 301 g/mol. The fourth-order valence-corrected chi connectivity index (χ4v) is 3.33. The van der Waals surface area contributed by atoms with Gasteiger partial charge in [0, 0.05) is 18.2 Å². The molecule has 5 heteroatoms. The highest BCUT2D eigenvalue weighted by atomic mass is 32.1. The standard InChI is InChI=1S/C16H19N3OS/c1-10(6-11-4-5-21-9-11)18-15-8-14-12(7-13(15)17)2-3-16(20)19-14/h4-5,7-10,18H,2-3,6,17H2,1H3,(H,19,20). The molecule has 0 spiro atoms. The number of hydrogen-bond donors (Lipinski definition) is 3.